The molecule has 2 unspecified atom stereocenters. The van der Waals surface area contributed by atoms with Gasteiger partial charge in [0.25, 0.3) is 0 Å². The summed E-state index contributed by atoms with van der Waals surface area (Å²) in [5.74, 6) is 1.57. The SMILES string of the molecule is COc1ccc(CSCC(=O)NC2CCNCC2C)cc1[N+](=O)[O-].Cl. The Morgan fingerprint density at radius 3 is 2.92 bits per heavy atom. The molecule has 1 aliphatic heterocycles. The maximum absolute atomic E-state index is 12.0. The third kappa shape index (κ3) is 6.37. The normalized spacial score (nSPS) is 19.6. The molecule has 9 heteroatoms. The minimum Gasteiger partial charge on any atom is -0.490 e. The summed E-state index contributed by atoms with van der Waals surface area (Å²) in [6, 6.07) is 5.09. The van der Waals surface area contributed by atoms with Crippen LogP contribution in [0.3, 0.4) is 0 Å². The molecular weight excluding hydrogens is 366 g/mol. The number of methoxy groups -OCH3 is 1. The molecule has 0 aliphatic carbocycles. The van der Waals surface area contributed by atoms with Crippen LogP contribution in [0.15, 0.2) is 18.2 Å². The largest absolute Gasteiger partial charge is 0.490 e. The van der Waals surface area contributed by atoms with E-state index >= 15 is 0 Å². The van der Waals surface area contributed by atoms with Gasteiger partial charge in [-0.1, -0.05) is 13.0 Å². The third-order valence-electron chi connectivity index (χ3n) is 4.07. The average molecular weight is 390 g/mol. The van der Waals surface area contributed by atoms with E-state index in [1.54, 1.807) is 12.1 Å². The number of nitrogens with one attached hydrogen (secondary N) is 2. The lowest BCUT2D eigenvalue weighted by Crippen LogP contribution is -2.48. The number of halogens is 1. The van der Waals surface area contributed by atoms with E-state index in [0.29, 0.717) is 17.4 Å². The molecule has 1 aliphatic rings. The van der Waals surface area contributed by atoms with Crippen LogP contribution in [0.2, 0.25) is 0 Å². The molecule has 0 bridgehead atoms. The van der Waals surface area contributed by atoms with E-state index in [2.05, 4.69) is 17.6 Å². The predicted octanol–water partition coefficient (Wildman–Crippen LogP) is 2.37. The number of ether oxygens (including phenoxy) is 1. The van der Waals surface area contributed by atoms with Gasteiger partial charge in [-0.2, -0.15) is 0 Å². The van der Waals surface area contributed by atoms with Gasteiger partial charge in [0.15, 0.2) is 5.75 Å². The molecule has 7 nitrogen and oxygen atoms in total. The second-order valence-corrected chi connectivity index (χ2v) is 6.89. The number of carbonyl (C=O) groups is 1. The molecule has 2 rings (SSSR count). The first-order valence-electron chi connectivity index (χ1n) is 7.90. The van der Waals surface area contributed by atoms with Crippen LogP contribution in [-0.4, -0.2) is 42.8 Å². The summed E-state index contributed by atoms with van der Waals surface area (Å²) in [5, 5.41) is 17.4. The summed E-state index contributed by atoms with van der Waals surface area (Å²) >= 11 is 1.45. The van der Waals surface area contributed by atoms with Gasteiger partial charge in [-0.15, -0.1) is 24.2 Å². The van der Waals surface area contributed by atoms with Gasteiger partial charge in [0.2, 0.25) is 5.91 Å². The predicted molar refractivity (Wildman–Crippen MR) is 102 cm³/mol. The zero-order chi connectivity index (χ0) is 17.5. The summed E-state index contributed by atoms with van der Waals surface area (Å²) in [6.07, 6.45) is 0.947. The molecule has 1 aromatic carbocycles. The number of nitrogens with zero attached hydrogens (tertiary/aromatic N) is 1. The fourth-order valence-corrected chi connectivity index (χ4v) is 3.49. The van der Waals surface area contributed by atoms with E-state index in [4.69, 9.17) is 4.74 Å². The molecule has 1 saturated heterocycles. The van der Waals surface area contributed by atoms with Crippen LogP contribution in [0.1, 0.15) is 18.9 Å². The van der Waals surface area contributed by atoms with Gasteiger partial charge in [0, 0.05) is 17.9 Å². The summed E-state index contributed by atoms with van der Waals surface area (Å²) in [5.41, 5.74) is 0.749. The molecule has 0 aromatic heterocycles. The van der Waals surface area contributed by atoms with Crippen LogP contribution in [0.4, 0.5) is 5.69 Å². The van der Waals surface area contributed by atoms with Crippen molar-refractivity contribution < 1.29 is 14.5 Å². The number of thioether (sulfide) groups is 1. The van der Waals surface area contributed by atoms with Crippen LogP contribution in [-0.2, 0) is 10.5 Å². The van der Waals surface area contributed by atoms with Crippen LogP contribution in [0, 0.1) is 16.0 Å². The fraction of sp³-hybridized carbons (Fsp3) is 0.562. The number of hydrogen-bond donors (Lipinski definition) is 2. The summed E-state index contributed by atoms with van der Waals surface area (Å²) < 4.78 is 4.98. The Morgan fingerprint density at radius 2 is 2.28 bits per heavy atom. The van der Waals surface area contributed by atoms with Crippen LogP contribution >= 0.6 is 24.2 Å². The molecule has 1 heterocycles. The number of amides is 1. The number of hydrogen-bond acceptors (Lipinski definition) is 6. The molecule has 1 aromatic rings. The minimum atomic E-state index is -0.460. The van der Waals surface area contributed by atoms with E-state index in [-0.39, 0.29) is 35.8 Å². The molecule has 140 valence electrons. The lowest BCUT2D eigenvalue weighted by atomic mass is 9.95. The first-order chi connectivity index (χ1) is 11.5. The highest BCUT2D eigenvalue weighted by atomic mass is 35.5. The van der Waals surface area contributed by atoms with Crippen molar-refractivity contribution in [3.05, 3.63) is 33.9 Å². The molecule has 0 radical (unpaired) electrons. The fourth-order valence-electron chi connectivity index (χ4n) is 2.71. The number of piperidine rings is 1. The van der Waals surface area contributed by atoms with Gasteiger partial charge in [0.1, 0.15) is 0 Å². The van der Waals surface area contributed by atoms with Crippen LogP contribution < -0.4 is 15.4 Å². The summed E-state index contributed by atoms with van der Waals surface area (Å²) in [6.45, 7) is 3.98. The van der Waals surface area contributed by atoms with Gasteiger partial charge in [0.05, 0.1) is 17.8 Å². The summed E-state index contributed by atoms with van der Waals surface area (Å²) in [7, 11) is 1.41. The molecule has 25 heavy (non-hydrogen) atoms. The van der Waals surface area contributed by atoms with Gasteiger partial charge in [-0.3, -0.25) is 14.9 Å². The van der Waals surface area contributed by atoms with Gasteiger partial charge >= 0.3 is 5.69 Å². The van der Waals surface area contributed by atoms with Crippen molar-refractivity contribution in [2.45, 2.75) is 25.1 Å². The Bertz CT molecular complexity index is 603. The Balaban J connectivity index is 0.00000312. The number of rotatable bonds is 7. The monoisotopic (exact) mass is 389 g/mol. The highest BCUT2D eigenvalue weighted by Crippen LogP contribution is 2.28. The lowest BCUT2D eigenvalue weighted by Gasteiger charge is -2.30. The molecule has 1 amide bonds. The highest BCUT2D eigenvalue weighted by molar-refractivity contribution is 7.99. The van der Waals surface area contributed by atoms with Crippen molar-refractivity contribution in [1.29, 1.82) is 0 Å². The highest BCUT2D eigenvalue weighted by Gasteiger charge is 2.22. The first-order valence-corrected chi connectivity index (χ1v) is 9.06. The van der Waals surface area contributed by atoms with Crippen molar-refractivity contribution >= 4 is 35.8 Å². The zero-order valence-corrected chi connectivity index (χ0v) is 16.0. The molecule has 2 atom stereocenters. The van der Waals surface area contributed by atoms with Crippen molar-refractivity contribution in [3.8, 4) is 5.75 Å². The van der Waals surface area contributed by atoms with Gasteiger partial charge in [-0.25, -0.2) is 0 Å². The topological polar surface area (TPSA) is 93.5 Å². The summed E-state index contributed by atoms with van der Waals surface area (Å²) in [4.78, 5) is 22.6. The maximum atomic E-state index is 12.0. The Labute approximate surface area is 157 Å². The molecule has 0 saturated carbocycles. The zero-order valence-electron chi connectivity index (χ0n) is 14.3. The molecular formula is C16H24ClN3O4S. The van der Waals surface area contributed by atoms with Crippen molar-refractivity contribution in [1.82, 2.24) is 10.6 Å². The molecule has 0 spiro atoms. The second-order valence-electron chi connectivity index (χ2n) is 5.90. The maximum Gasteiger partial charge on any atom is 0.311 e. The number of carbonyl (C=O) groups excluding carboxylic acids is 1. The van der Waals surface area contributed by atoms with Crippen LogP contribution in [0.25, 0.3) is 0 Å². The smallest absolute Gasteiger partial charge is 0.311 e. The first kappa shape index (κ1) is 21.5. The van der Waals surface area contributed by atoms with E-state index < -0.39 is 4.92 Å². The number of nitro groups is 1. The lowest BCUT2D eigenvalue weighted by molar-refractivity contribution is -0.385. The van der Waals surface area contributed by atoms with E-state index in [0.717, 1.165) is 25.1 Å². The van der Waals surface area contributed by atoms with E-state index in [1.165, 1.54) is 24.9 Å². The van der Waals surface area contributed by atoms with Crippen molar-refractivity contribution in [2.75, 3.05) is 26.0 Å². The van der Waals surface area contributed by atoms with E-state index in [1.807, 2.05) is 0 Å². The Morgan fingerprint density at radius 1 is 1.52 bits per heavy atom. The van der Waals surface area contributed by atoms with Gasteiger partial charge in [-0.05, 0) is 37.1 Å². The second kappa shape index (κ2) is 10.5. The van der Waals surface area contributed by atoms with Crippen LogP contribution in [0.5, 0.6) is 5.75 Å². The number of nitro benzene ring substituents is 1. The Hall–Kier alpha value is -1.51. The quantitative estimate of drug-likeness (QED) is 0.549. The molecule has 2 N–H and O–H groups in total. The number of benzene rings is 1. The Kier molecular flexibility index (Phi) is 9.02. The van der Waals surface area contributed by atoms with Gasteiger partial charge < -0.3 is 15.4 Å². The third-order valence-corrected chi connectivity index (χ3v) is 5.08. The van der Waals surface area contributed by atoms with E-state index in [9.17, 15) is 14.9 Å². The minimum absolute atomic E-state index is 0. The molecule has 1 fully saturated rings. The van der Waals surface area contributed by atoms with Crippen molar-refractivity contribution in [2.24, 2.45) is 5.92 Å². The average Bonchev–Trinajstić information content (AvgIpc) is 2.56. The standard InChI is InChI=1S/C16H23N3O4S.ClH/c1-11-8-17-6-5-13(11)18-16(20)10-24-9-12-3-4-15(23-2)14(7-12)19(21)22;/h3-4,7,11,13,17H,5-6,8-10H2,1-2H3,(H,18,20);1H. The van der Waals surface area contributed by atoms with Crippen molar-refractivity contribution in [3.63, 3.8) is 0 Å².